The van der Waals surface area contributed by atoms with Crippen molar-refractivity contribution >= 4 is 99.8 Å². The Bertz CT molecular complexity index is 2620. The normalized spacial score (nSPS) is 12.4. The maximum absolute atomic E-state index is 13.2. The number of halogens is 3. The van der Waals surface area contributed by atoms with Crippen LogP contribution in [0.25, 0.3) is 5.69 Å². The predicted molar refractivity (Wildman–Crippen MR) is 173 cm³/mol. The molecule has 0 aliphatic rings. The van der Waals surface area contributed by atoms with E-state index in [9.17, 15) is 43.7 Å². The lowest BCUT2D eigenvalue weighted by Crippen LogP contribution is -2.15. The summed E-state index contributed by atoms with van der Waals surface area (Å²) in [5.74, 6) is -0.423. The number of aromatic nitrogens is 5. The molecule has 5 rings (SSSR count). The Kier molecular flexibility index (Phi) is 10.0. The molecule has 0 spiro atoms. The van der Waals surface area contributed by atoms with Gasteiger partial charge in [-0.05, 0) is 67.1 Å². The number of nitrogens with zero attached hydrogens (tertiary/aromatic N) is 6. The highest BCUT2D eigenvalue weighted by atomic mass is 35.5. The Balaban J connectivity index is 1.48. The summed E-state index contributed by atoms with van der Waals surface area (Å²) in [5.41, 5.74) is -1.79. The molecule has 50 heavy (non-hydrogen) atoms. The summed E-state index contributed by atoms with van der Waals surface area (Å²) < 4.78 is 105. The first-order chi connectivity index (χ1) is 23.2. The minimum Gasteiger partial charge on any atom is -0.744 e. The number of hydrogen-bond donors (Lipinski definition) is 3. The van der Waals surface area contributed by atoms with Crippen LogP contribution in [0, 0.1) is 6.92 Å². The third-order valence-electron chi connectivity index (χ3n) is 6.28. The molecule has 0 atom stereocenters. The number of benzene rings is 3. The lowest BCUT2D eigenvalue weighted by Gasteiger charge is -2.13. The average molecular weight is 804 g/mol. The van der Waals surface area contributed by atoms with E-state index in [1.54, 1.807) is 0 Å². The molecule has 3 aromatic carbocycles. The van der Waals surface area contributed by atoms with Gasteiger partial charge in [0.25, 0.3) is 5.56 Å². The second-order valence-electron chi connectivity index (χ2n) is 9.73. The van der Waals surface area contributed by atoms with Crippen molar-refractivity contribution in [3.05, 3.63) is 86.0 Å². The Morgan fingerprint density at radius 3 is 1.96 bits per heavy atom. The van der Waals surface area contributed by atoms with Crippen LogP contribution in [-0.4, -0.2) is 63.6 Å². The highest BCUT2D eigenvalue weighted by molar-refractivity contribution is 7.86. The Hall–Kier alpha value is -4.52. The molecular formula is C25H15Cl3N9O10S3-3. The van der Waals surface area contributed by atoms with Gasteiger partial charge in [0.15, 0.2) is 5.69 Å². The van der Waals surface area contributed by atoms with Crippen molar-refractivity contribution in [2.24, 2.45) is 10.2 Å². The molecule has 0 radical (unpaired) electrons. The minimum absolute atomic E-state index is 0.0389. The molecule has 25 heteroatoms. The van der Waals surface area contributed by atoms with Gasteiger partial charge in [-0.25, -0.2) is 29.9 Å². The van der Waals surface area contributed by atoms with Crippen LogP contribution in [0.15, 0.2) is 84.3 Å². The van der Waals surface area contributed by atoms with Gasteiger partial charge >= 0.3 is 0 Å². The topological polar surface area (TPSA) is 297 Å². The summed E-state index contributed by atoms with van der Waals surface area (Å²) in [7, 11) is -14.9. The summed E-state index contributed by atoms with van der Waals surface area (Å²) in [6.45, 7) is 1.38. The zero-order valence-corrected chi connectivity index (χ0v) is 29.0. The van der Waals surface area contributed by atoms with Gasteiger partial charge in [0, 0.05) is 11.4 Å². The number of aryl methyl sites for hydroxylation is 1. The van der Waals surface area contributed by atoms with Crippen molar-refractivity contribution < 1.29 is 38.9 Å². The lowest BCUT2D eigenvalue weighted by atomic mass is 10.3. The summed E-state index contributed by atoms with van der Waals surface area (Å²) in [5, 5.41) is 14.4. The highest BCUT2D eigenvalue weighted by Gasteiger charge is 2.19. The fourth-order valence-corrected chi connectivity index (χ4v) is 6.73. The zero-order chi connectivity index (χ0) is 36.8. The first-order valence-electron chi connectivity index (χ1n) is 13.0. The standard InChI is InChI=1S/C25H18Cl3N9O10S3/c1-11-21(22(38)37(36-11)18-9-16(27)20(10-15(18)26)50(45,46)47)35-34-17-8-13(5-6-19(17)49(42,43)44)30-25-32-23(28)31-24(33-25)29-12-3-2-4-14(7-12)48(39,40)41/h2-10,36H,1H3,(H,39,40,41)(H,42,43,44)(H,45,46,47)(H2,29,30,31,32,33)/p-3. The van der Waals surface area contributed by atoms with Gasteiger partial charge in [0.1, 0.15) is 36.0 Å². The molecule has 0 fully saturated rings. The molecule has 0 amide bonds. The van der Waals surface area contributed by atoms with E-state index in [0.717, 1.165) is 47.1 Å². The molecule has 0 saturated heterocycles. The van der Waals surface area contributed by atoms with Crippen molar-refractivity contribution in [3.63, 3.8) is 0 Å². The molecule has 2 aromatic heterocycles. The Morgan fingerprint density at radius 1 is 0.740 bits per heavy atom. The number of azo groups is 1. The maximum atomic E-state index is 13.2. The van der Waals surface area contributed by atoms with Crippen molar-refractivity contribution in [1.82, 2.24) is 24.7 Å². The molecular weight excluding hydrogens is 789 g/mol. The summed E-state index contributed by atoms with van der Waals surface area (Å²) in [6, 6.07) is 9.66. The quantitative estimate of drug-likeness (QED) is 0.131. The molecule has 3 N–H and O–H groups in total. The van der Waals surface area contributed by atoms with Crippen LogP contribution < -0.4 is 16.2 Å². The van der Waals surface area contributed by atoms with Gasteiger partial charge in [0.05, 0.1) is 36.1 Å². The third kappa shape index (κ3) is 8.26. The molecule has 0 aliphatic carbocycles. The van der Waals surface area contributed by atoms with Crippen LogP contribution in [-0.2, 0) is 30.4 Å². The van der Waals surface area contributed by atoms with Crippen LogP contribution in [0.5, 0.6) is 0 Å². The molecule has 0 saturated carbocycles. The number of hydrogen-bond acceptors (Lipinski definition) is 17. The fraction of sp³-hybridized carbons (Fsp3) is 0.0400. The van der Waals surface area contributed by atoms with Crippen LogP contribution in [0.4, 0.5) is 34.6 Å². The summed E-state index contributed by atoms with van der Waals surface area (Å²) in [4.78, 5) is 22.9. The Morgan fingerprint density at radius 2 is 1.36 bits per heavy atom. The predicted octanol–water partition coefficient (Wildman–Crippen LogP) is 4.23. The second kappa shape index (κ2) is 13.7. The first kappa shape index (κ1) is 36.8. The molecule has 262 valence electrons. The van der Waals surface area contributed by atoms with E-state index in [1.165, 1.54) is 19.1 Å². The van der Waals surface area contributed by atoms with Crippen molar-refractivity contribution in [2.45, 2.75) is 21.6 Å². The van der Waals surface area contributed by atoms with Gasteiger partial charge in [-0.1, -0.05) is 29.3 Å². The monoisotopic (exact) mass is 802 g/mol. The van der Waals surface area contributed by atoms with Crippen molar-refractivity contribution in [2.75, 3.05) is 10.6 Å². The maximum Gasteiger partial charge on any atom is 0.299 e. The largest absolute Gasteiger partial charge is 0.744 e. The number of anilines is 4. The molecule has 2 heterocycles. The van der Waals surface area contributed by atoms with Gasteiger partial charge in [-0.15, -0.1) is 10.2 Å². The number of nitrogens with one attached hydrogen (secondary N) is 3. The smallest absolute Gasteiger partial charge is 0.299 e. The molecule has 19 nitrogen and oxygen atoms in total. The van der Waals surface area contributed by atoms with E-state index >= 15 is 0 Å². The first-order valence-corrected chi connectivity index (χ1v) is 18.4. The number of H-pyrrole nitrogens is 1. The fourth-order valence-electron chi connectivity index (χ4n) is 4.14. The number of aromatic amines is 1. The highest BCUT2D eigenvalue weighted by Crippen LogP contribution is 2.33. The third-order valence-corrected chi connectivity index (χ3v) is 9.77. The summed E-state index contributed by atoms with van der Waals surface area (Å²) >= 11 is 18.1. The molecule has 5 aromatic rings. The van der Waals surface area contributed by atoms with E-state index in [0.29, 0.717) is 0 Å². The second-order valence-corrected chi connectivity index (χ2v) is 15.0. The molecule has 0 unspecified atom stereocenters. The average Bonchev–Trinajstić information content (AvgIpc) is 3.27. The van der Waals surface area contributed by atoms with Crippen molar-refractivity contribution in [3.8, 4) is 5.69 Å². The van der Waals surface area contributed by atoms with Crippen LogP contribution in [0.3, 0.4) is 0 Å². The van der Waals surface area contributed by atoms with E-state index in [1.807, 2.05) is 0 Å². The van der Waals surface area contributed by atoms with E-state index in [2.05, 4.69) is 40.9 Å². The van der Waals surface area contributed by atoms with Gasteiger partial charge in [-0.2, -0.15) is 15.0 Å². The van der Waals surface area contributed by atoms with E-state index in [4.69, 9.17) is 34.8 Å². The van der Waals surface area contributed by atoms with E-state index < -0.39 is 61.3 Å². The Labute approximate surface area is 296 Å². The zero-order valence-electron chi connectivity index (χ0n) is 24.3. The molecule has 0 bridgehead atoms. The van der Waals surface area contributed by atoms with Gasteiger partial charge in [-0.3, -0.25) is 9.89 Å². The van der Waals surface area contributed by atoms with Gasteiger partial charge in [0.2, 0.25) is 17.2 Å². The van der Waals surface area contributed by atoms with Crippen LogP contribution >= 0.6 is 34.8 Å². The molecule has 0 aliphatic heterocycles. The van der Waals surface area contributed by atoms with Crippen LogP contribution in [0.1, 0.15) is 5.69 Å². The SMILES string of the molecule is Cc1[nH]n(-c2cc(Cl)c(S(=O)(=O)[O-])cc2Cl)c(=O)c1N=Nc1cc(Nc2nc(Cl)nc(Nc3cccc(S(=O)(=O)[O-])c3)n2)ccc1S(=O)(=O)[O-]. The van der Waals surface area contributed by atoms with Crippen molar-refractivity contribution in [1.29, 1.82) is 0 Å². The van der Waals surface area contributed by atoms with E-state index in [-0.39, 0.29) is 50.6 Å². The van der Waals surface area contributed by atoms with Gasteiger partial charge < -0.3 is 24.3 Å². The van der Waals surface area contributed by atoms with Crippen LogP contribution in [0.2, 0.25) is 15.3 Å². The summed E-state index contributed by atoms with van der Waals surface area (Å²) in [6.07, 6.45) is 0. The lowest BCUT2D eigenvalue weighted by molar-refractivity contribution is 0.461. The minimum atomic E-state index is -5.14. The number of rotatable bonds is 10.